The Labute approximate surface area is 170 Å². The summed E-state index contributed by atoms with van der Waals surface area (Å²) in [4.78, 5) is 15.1. The molecule has 0 radical (unpaired) electrons. The zero-order chi connectivity index (χ0) is 18.1. The van der Waals surface area contributed by atoms with Gasteiger partial charge in [0.1, 0.15) is 5.75 Å². The minimum Gasteiger partial charge on any atom is -0.496 e. The molecule has 0 saturated carbocycles. The van der Waals surface area contributed by atoms with E-state index >= 15 is 0 Å². The number of anilines is 1. The van der Waals surface area contributed by atoms with Crippen LogP contribution in [0.1, 0.15) is 16.7 Å². The van der Waals surface area contributed by atoms with E-state index in [0.717, 1.165) is 26.1 Å². The lowest BCUT2D eigenvalue weighted by Crippen LogP contribution is -2.27. The number of nitrogens with zero attached hydrogens (tertiary/aromatic N) is 1. The fraction of sp³-hybridized carbons (Fsp3) is 0.158. The Morgan fingerprint density at radius 3 is 2.56 bits per heavy atom. The lowest BCUT2D eigenvalue weighted by Gasteiger charge is -2.15. The van der Waals surface area contributed by atoms with Crippen LogP contribution in [-0.2, 0) is 4.79 Å². The van der Waals surface area contributed by atoms with Gasteiger partial charge >= 0.3 is 0 Å². The molecule has 1 amide bonds. The normalized spacial score (nSPS) is 16.0. The number of carbonyl (C=O) groups is 1. The maximum atomic E-state index is 12.8. The van der Waals surface area contributed by atoms with Crippen LogP contribution in [0.3, 0.4) is 0 Å². The lowest BCUT2D eigenvalue weighted by molar-refractivity contribution is -0.113. The molecule has 3 rings (SSSR count). The molecule has 0 unspecified atom stereocenters. The number of aryl methyl sites for hydroxylation is 2. The Bertz CT molecular complexity index is 908. The first-order valence-electron chi connectivity index (χ1n) is 7.59. The molecule has 6 heteroatoms. The van der Waals surface area contributed by atoms with Crippen LogP contribution in [0.2, 0.25) is 0 Å². The number of thiocarbonyl (C=S) groups is 1. The second kappa shape index (κ2) is 7.47. The molecule has 128 valence electrons. The smallest absolute Gasteiger partial charge is 0.270 e. The SMILES string of the molecule is COc1ccc(/C=C2\SC(=S)N(c3ccc(C)c(C)c3)C2=O)cc1I. The van der Waals surface area contributed by atoms with Gasteiger partial charge in [0.25, 0.3) is 5.91 Å². The summed E-state index contributed by atoms with van der Waals surface area (Å²) in [5.74, 6) is 0.740. The standard InChI is InChI=1S/C19H16INO2S2/c1-11-4-6-14(8-12(11)2)21-18(22)17(25-19(21)24)10-13-5-7-16(23-3)15(20)9-13/h4-10H,1-3H3/b17-10-. The first-order chi connectivity index (χ1) is 11.9. The molecular weight excluding hydrogens is 465 g/mol. The fourth-order valence-electron chi connectivity index (χ4n) is 2.48. The molecule has 1 fully saturated rings. The third-order valence-corrected chi connectivity index (χ3v) is 6.16. The predicted molar refractivity (Wildman–Crippen MR) is 117 cm³/mol. The van der Waals surface area contributed by atoms with E-state index in [9.17, 15) is 4.79 Å². The fourth-order valence-corrected chi connectivity index (χ4v) is 4.54. The number of ether oxygens (including phenoxy) is 1. The monoisotopic (exact) mass is 481 g/mol. The van der Waals surface area contributed by atoms with Crippen molar-refractivity contribution in [3.05, 3.63) is 61.6 Å². The van der Waals surface area contributed by atoms with Gasteiger partial charge in [-0.05, 0) is 83.5 Å². The summed E-state index contributed by atoms with van der Waals surface area (Å²) >= 11 is 8.99. The highest BCUT2D eigenvalue weighted by Crippen LogP contribution is 2.37. The second-order valence-electron chi connectivity index (χ2n) is 5.68. The number of rotatable bonds is 3. The van der Waals surface area contributed by atoms with E-state index in [4.69, 9.17) is 17.0 Å². The van der Waals surface area contributed by atoms with E-state index in [1.165, 1.54) is 17.3 Å². The van der Waals surface area contributed by atoms with Crippen LogP contribution in [0.25, 0.3) is 6.08 Å². The van der Waals surface area contributed by atoms with Gasteiger partial charge in [-0.25, -0.2) is 0 Å². The highest BCUT2D eigenvalue weighted by molar-refractivity contribution is 14.1. The van der Waals surface area contributed by atoms with Gasteiger partial charge in [0.2, 0.25) is 0 Å². The number of carbonyl (C=O) groups excluding carboxylic acids is 1. The molecule has 2 aromatic carbocycles. The van der Waals surface area contributed by atoms with Gasteiger partial charge in [-0.1, -0.05) is 36.1 Å². The summed E-state index contributed by atoms with van der Waals surface area (Å²) in [5.41, 5.74) is 4.10. The summed E-state index contributed by atoms with van der Waals surface area (Å²) < 4.78 is 6.83. The number of hydrogen-bond acceptors (Lipinski definition) is 4. The Morgan fingerprint density at radius 2 is 1.92 bits per heavy atom. The predicted octanol–water partition coefficient (Wildman–Crippen LogP) is 5.32. The van der Waals surface area contributed by atoms with Crippen molar-refractivity contribution in [1.82, 2.24) is 0 Å². The van der Waals surface area contributed by atoms with Crippen LogP contribution >= 0.6 is 46.6 Å². The van der Waals surface area contributed by atoms with Crippen LogP contribution in [-0.4, -0.2) is 17.3 Å². The molecule has 0 bridgehead atoms. The van der Waals surface area contributed by atoms with Crippen molar-refractivity contribution in [3.63, 3.8) is 0 Å². The molecule has 1 saturated heterocycles. The summed E-state index contributed by atoms with van der Waals surface area (Å²) in [5, 5.41) is 0. The van der Waals surface area contributed by atoms with Gasteiger partial charge in [-0.3, -0.25) is 9.69 Å². The van der Waals surface area contributed by atoms with Gasteiger partial charge in [0, 0.05) is 0 Å². The Hall–Kier alpha value is -1.38. The molecule has 0 spiro atoms. The maximum Gasteiger partial charge on any atom is 0.270 e. The van der Waals surface area contributed by atoms with E-state index in [0.29, 0.717) is 9.23 Å². The topological polar surface area (TPSA) is 29.5 Å². The van der Waals surface area contributed by atoms with Crippen molar-refractivity contribution >= 4 is 68.6 Å². The summed E-state index contributed by atoms with van der Waals surface area (Å²) in [6.07, 6.45) is 1.88. The van der Waals surface area contributed by atoms with Crippen molar-refractivity contribution in [2.75, 3.05) is 12.0 Å². The highest BCUT2D eigenvalue weighted by Gasteiger charge is 2.33. The minimum atomic E-state index is -0.0796. The number of amides is 1. The molecule has 25 heavy (non-hydrogen) atoms. The molecule has 0 aliphatic carbocycles. The number of methoxy groups -OCH3 is 1. The number of thioether (sulfide) groups is 1. The summed E-state index contributed by atoms with van der Waals surface area (Å²) in [7, 11) is 1.64. The Balaban J connectivity index is 1.92. The van der Waals surface area contributed by atoms with Crippen LogP contribution in [0.15, 0.2) is 41.3 Å². The molecule has 1 heterocycles. The summed E-state index contributed by atoms with van der Waals surface area (Å²) in [6.45, 7) is 4.08. The number of hydrogen-bond donors (Lipinski definition) is 0. The summed E-state index contributed by atoms with van der Waals surface area (Å²) in [6, 6.07) is 11.8. The van der Waals surface area contributed by atoms with Crippen LogP contribution < -0.4 is 9.64 Å². The number of benzene rings is 2. The van der Waals surface area contributed by atoms with Crippen molar-refractivity contribution in [2.24, 2.45) is 0 Å². The van der Waals surface area contributed by atoms with Crippen molar-refractivity contribution in [3.8, 4) is 5.75 Å². The largest absolute Gasteiger partial charge is 0.496 e. The molecule has 1 aliphatic heterocycles. The van der Waals surface area contributed by atoms with Gasteiger partial charge in [-0.15, -0.1) is 0 Å². The van der Waals surface area contributed by atoms with E-state index in [1.807, 2.05) is 49.4 Å². The third kappa shape index (κ3) is 3.75. The van der Waals surface area contributed by atoms with Crippen molar-refractivity contribution in [2.45, 2.75) is 13.8 Å². The molecular formula is C19H16INO2S2. The molecule has 1 aliphatic rings. The van der Waals surface area contributed by atoms with Gasteiger partial charge in [-0.2, -0.15) is 0 Å². The molecule has 3 nitrogen and oxygen atoms in total. The Morgan fingerprint density at radius 1 is 1.16 bits per heavy atom. The lowest BCUT2D eigenvalue weighted by atomic mass is 10.1. The molecule has 2 aromatic rings. The second-order valence-corrected chi connectivity index (χ2v) is 8.52. The first-order valence-corrected chi connectivity index (χ1v) is 9.90. The van der Waals surface area contributed by atoms with Crippen LogP contribution in [0, 0.1) is 17.4 Å². The molecule has 0 atom stereocenters. The Kier molecular flexibility index (Phi) is 5.50. The van der Waals surface area contributed by atoms with E-state index in [1.54, 1.807) is 12.0 Å². The highest BCUT2D eigenvalue weighted by atomic mass is 127. The maximum absolute atomic E-state index is 12.8. The average molecular weight is 481 g/mol. The molecule has 0 aromatic heterocycles. The zero-order valence-corrected chi connectivity index (χ0v) is 17.8. The van der Waals surface area contributed by atoms with Crippen molar-refractivity contribution < 1.29 is 9.53 Å². The van der Waals surface area contributed by atoms with E-state index in [2.05, 4.69) is 29.5 Å². The van der Waals surface area contributed by atoms with E-state index < -0.39 is 0 Å². The quantitative estimate of drug-likeness (QED) is 0.337. The van der Waals surface area contributed by atoms with Gasteiger partial charge in [0.05, 0.1) is 21.3 Å². The van der Waals surface area contributed by atoms with Crippen molar-refractivity contribution in [1.29, 1.82) is 0 Å². The van der Waals surface area contributed by atoms with Crippen LogP contribution in [0.4, 0.5) is 5.69 Å². The molecule has 0 N–H and O–H groups in total. The van der Waals surface area contributed by atoms with Crippen LogP contribution in [0.5, 0.6) is 5.75 Å². The minimum absolute atomic E-state index is 0.0796. The van der Waals surface area contributed by atoms with Gasteiger partial charge < -0.3 is 4.74 Å². The van der Waals surface area contributed by atoms with E-state index in [-0.39, 0.29) is 5.91 Å². The third-order valence-electron chi connectivity index (χ3n) is 4.02. The first kappa shape index (κ1) is 18.4. The number of halogens is 1. The van der Waals surface area contributed by atoms with Gasteiger partial charge in [0.15, 0.2) is 4.32 Å². The zero-order valence-electron chi connectivity index (χ0n) is 14.0. The average Bonchev–Trinajstić information content (AvgIpc) is 2.84.